The van der Waals surface area contributed by atoms with E-state index in [9.17, 15) is 4.39 Å². The zero-order valence-electron chi connectivity index (χ0n) is 12.0. The Morgan fingerprint density at radius 3 is 2.52 bits per heavy atom. The summed E-state index contributed by atoms with van der Waals surface area (Å²) in [7, 11) is 0. The van der Waals surface area contributed by atoms with E-state index < -0.39 is 0 Å². The minimum Gasteiger partial charge on any atom is -0.291 e. The molecule has 0 unspecified atom stereocenters. The molecule has 0 aliphatic heterocycles. The molecule has 6 heteroatoms. The van der Waals surface area contributed by atoms with Crippen LogP contribution in [-0.4, -0.2) is 24.1 Å². The van der Waals surface area contributed by atoms with E-state index in [1.807, 2.05) is 47.3 Å². The lowest BCUT2D eigenvalue weighted by molar-refractivity contribution is 0.628. The molecule has 4 rings (SSSR count). The van der Waals surface area contributed by atoms with Gasteiger partial charge in [0.15, 0.2) is 0 Å². The minimum atomic E-state index is -0.249. The molecule has 0 aliphatic rings. The van der Waals surface area contributed by atoms with E-state index in [1.165, 1.54) is 12.1 Å². The molecule has 0 amide bonds. The fraction of sp³-hybridized carbons (Fsp3) is 0. The van der Waals surface area contributed by atoms with Crippen molar-refractivity contribution in [2.45, 2.75) is 0 Å². The SMILES string of the molecule is Fc1ccc(C=Cc2ccnc3nc(-n4cccc4)nn23)cc1. The smallest absolute Gasteiger partial charge is 0.255 e. The maximum absolute atomic E-state index is 12.9. The zero-order valence-corrected chi connectivity index (χ0v) is 12.0. The normalized spacial score (nSPS) is 11.5. The van der Waals surface area contributed by atoms with Crippen molar-refractivity contribution in [2.75, 3.05) is 0 Å². The molecule has 1 aromatic carbocycles. The lowest BCUT2D eigenvalue weighted by atomic mass is 10.2. The summed E-state index contributed by atoms with van der Waals surface area (Å²) in [6.07, 6.45) is 9.24. The number of rotatable bonds is 3. The molecule has 0 radical (unpaired) electrons. The van der Waals surface area contributed by atoms with Gasteiger partial charge in [0.05, 0.1) is 5.69 Å². The van der Waals surface area contributed by atoms with Crippen LogP contribution in [0.4, 0.5) is 4.39 Å². The van der Waals surface area contributed by atoms with Gasteiger partial charge in [-0.05, 0) is 42.0 Å². The van der Waals surface area contributed by atoms with E-state index >= 15 is 0 Å². The monoisotopic (exact) mass is 305 g/mol. The standard InChI is InChI=1S/C17H12FN5/c18-14-6-3-13(4-7-14)5-8-15-9-10-19-16-20-17(21-23(15)16)22-11-1-2-12-22/h1-12H. The largest absolute Gasteiger partial charge is 0.291 e. The van der Waals surface area contributed by atoms with E-state index in [0.29, 0.717) is 11.7 Å². The molecular formula is C17H12FN5. The van der Waals surface area contributed by atoms with Gasteiger partial charge in [-0.25, -0.2) is 9.37 Å². The topological polar surface area (TPSA) is 48.0 Å². The fourth-order valence-electron chi connectivity index (χ4n) is 2.26. The van der Waals surface area contributed by atoms with Crippen LogP contribution < -0.4 is 0 Å². The first kappa shape index (κ1) is 13.4. The highest BCUT2D eigenvalue weighted by molar-refractivity contribution is 5.68. The molecule has 3 aromatic heterocycles. The Labute approximate surface area is 131 Å². The van der Waals surface area contributed by atoms with Crippen LogP contribution in [0.15, 0.2) is 61.1 Å². The zero-order chi connectivity index (χ0) is 15.6. The summed E-state index contributed by atoms with van der Waals surface area (Å²) in [6.45, 7) is 0. The van der Waals surface area contributed by atoms with Crippen LogP contribution in [0.3, 0.4) is 0 Å². The molecule has 0 bridgehead atoms. The van der Waals surface area contributed by atoms with Gasteiger partial charge < -0.3 is 0 Å². The summed E-state index contributed by atoms with van der Waals surface area (Å²) in [5.74, 6) is 0.834. The molecule has 4 aromatic rings. The summed E-state index contributed by atoms with van der Waals surface area (Å²) >= 11 is 0. The van der Waals surface area contributed by atoms with Crippen molar-refractivity contribution < 1.29 is 4.39 Å². The van der Waals surface area contributed by atoms with Crippen molar-refractivity contribution in [3.05, 3.63) is 78.1 Å². The number of fused-ring (bicyclic) bond motifs is 1. The van der Waals surface area contributed by atoms with Crippen LogP contribution in [-0.2, 0) is 0 Å². The molecule has 0 spiro atoms. The number of nitrogens with zero attached hydrogens (tertiary/aromatic N) is 5. The van der Waals surface area contributed by atoms with Gasteiger partial charge >= 0.3 is 0 Å². The summed E-state index contributed by atoms with van der Waals surface area (Å²) in [4.78, 5) is 8.63. The van der Waals surface area contributed by atoms with Crippen molar-refractivity contribution >= 4 is 17.9 Å². The number of hydrogen-bond donors (Lipinski definition) is 0. The number of halogens is 1. The van der Waals surface area contributed by atoms with Crippen LogP contribution in [0, 0.1) is 5.82 Å². The summed E-state index contributed by atoms with van der Waals surface area (Å²) in [5, 5.41) is 4.48. The second-order valence-electron chi connectivity index (χ2n) is 4.97. The average molecular weight is 305 g/mol. The summed E-state index contributed by atoms with van der Waals surface area (Å²) in [5.41, 5.74) is 1.74. The van der Waals surface area contributed by atoms with Crippen LogP contribution >= 0.6 is 0 Å². The molecule has 0 saturated heterocycles. The van der Waals surface area contributed by atoms with Crippen LogP contribution in [0.1, 0.15) is 11.3 Å². The van der Waals surface area contributed by atoms with Crippen LogP contribution in [0.5, 0.6) is 0 Å². The molecule has 0 atom stereocenters. The molecule has 0 aliphatic carbocycles. The highest BCUT2D eigenvalue weighted by Crippen LogP contribution is 2.11. The van der Waals surface area contributed by atoms with E-state index in [1.54, 1.807) is 22.8 Å². The highest BCUT2D eigenvalue weighted by Gasteiger charge is 2.07. The average Bonchev–Trinajstić information content (AvgIpc) is 3.23. The number of hydrogen-bond acceptors (Lipinski definition) is 3. The predicted molar refractivity (Wildman–Crippen MR) is 85.4 cm³/mol. The van der Waals surface area contributed by atoms with E-state index in [-0.39, 0.29) is 5.82 Å². The molecule has 0 N–H and O–H groups in total. The van der Waals surface area contributed by atoms with Gasteiger partial charge in [0.25, 0.3) is 11.7 Å². The first-order valence-corrected chi connectivity index (χ1v) is 7.08. The minimum absolute atomic E-state index is 0.249. The molecule has 5 nitrogen and oxygen atoms in total. The van der Waals surface area contributed by atoms with Crippen molar-refractivity contribution in [2.24, 2.45) is 0 Å². The van der Waals surface area contributed by atoms with Crippen molar-refractivity contribution in [3.63, 3.8) is 0 Å². The first-order valence-electron chi connectivity index (χ1n) is 7.08. The Bertz CT molecular complexity index is 968. The number of aromatic nitrogens is 5. The van der Waals surface area contributed by atoms with E-state index in [2.05, 4.69) is 15.1 Å². The van der Waals surface area contributed by atoms with Gasteiger partial charge in [-0.1, -0.05) is 18.2 Å². The Balaban J connectivity index is 1.73. The summed E-state index contributed by atoms with van der Waals surface area (Å²) < 4.78 is 16.4. The van der Waals surface area contributed by atoms with Crippen LogP contribution in [0.25, 0.3) is 23.9 Å². The predicted octanol–water partition coefficient (Wildman–Crippen LogP) is 3.22. The fourth-order valence-corrected chi connectivity index (χ4v) is 2.26. The Morgan fingerprint density at radius 2 is 1.74 bits per heavy atom. The van der Waals surface area contributed by atoms with E-state index in [4.69, 9.17) is 0 Å². The quantitative estimate of drug-likeness (QED) is 0.584. The van der Waals surface area contributed by atoms with Crippen LogP contribution in [0.2, 0.25) is 0 Å². The molecule has 112 valence electrons. The van der Waals surface area contributed by atoms with Gasteiger partial charge in [-0.15, -0.1) is 5.10 Å². The van der Waals surface area contributed by atoms with Gasteiger partial charge in [-0.3, -0.25) is 4.57 Å². The summed E-state index contributed by atoms with van der Waals surface area (Å²) in [6, 6.07) is 12.0. The Hall–Kier alpha value is -3.28. The maximum Gasteiger partial charge on any atom is 0.255 e. The second-order valence-corrected chi connectivity index (χ2v) is 4.97. The molecule has 23 heavy (non-hydrogen) atoms. The van der Waals surface area contributed by atoms with Crippen molar-refractivity contribution in [3.8, 4) is 5.95 Å². The molecule has 0 fully saturated rings. The Kier molecular flexibility index (Phi) is 3.20. The molecule has 3 heterocycles. The Morgan fingerprint density at radius 1 is 0.957 bits per heavy atom. The van der Waals surface area contributed by atoms with Crippen molar-refractivity contribution in [1.82, 2.24) is 24.1 Å². The second kappa shape index (κ2) is 5.49. The van der Waals surface area contributed by atoms with Gasteiger partial charge in [-0.2, -0.15) is 9.50 Å². The maximum atomic E-state index is 12.9. The third kappa shape index (κ3) is 2.62. The van der Waals surface area contributed by atoms with Gasteiger partial charge in [0.1, 0.15) is 5.82 Å². The van der Waals surface area contributed by atoms with Gasteiger partial charge in [0, 0.05) is 18.6 Å². The van der Waals surface area contributed by atoms with Crippen molar-refractivity contribution in [1.29, 1.82) is 0 Å². The lowest BCUT2D eigenvalue weighted by Gasteiger charge is -1.97. The molecule has 0 saturated carbocycles. The van der Waals surface area contributed by atoms with Gasteiger partial charge in [0.2, 0.25) is 0 Å². The first-order chi connectivity index (χ1) is 11.3. The third-order valence-corrected chi connectivity index (χ3v) is 3.41. The highest BCUT2D eigenvalue weighted by atomic mass is 19.1. The lowest BCUT2D eigenvalue weighted by Crippen LogP contribution is -1.96. The number of benzene rings is 1. The third-order valence-electron chi connectivity index (χ3n) is 3.41. The van der Waals surface area contributed by atoms with E-state index in [0.717, 1.165) is 11.3 Å². The molecular weight excluding hydrogens is 293 g/mol.